The van der Waals surface area contributed by atoms with Gasteiger partial charge in [-0.1, -0.05) is 42.5 Å². The normalized spacial score (nSPS) is 10.6. The Morgan fingerprint density at radius 2 is 1.81 bits per heavy atom. The topological polar surface area (TPSA) is 84.7 Å². The molecule has 7 nitrogen and oxygen atoms in total. The van der Waals surface area contributed by atoms with Crippen LogP contribution in [0.5, 0.6) is 5.75 Å². The zero-order valence-corrected chi connectivity index (χ0v) is 17.0. The molecule has 2 aromatic carbocycles. The van der Waals surface area contributed by atoms with Crippen LogP contribution in [-0.2, 0) is 17.8 Å². The lowest BCUT2D eigenvalue weighted by Crippen LogP contribution is -2.42. The average Bonchev–Trinajstić information content (AvgIpc) is 3.19. The predicted molar refractivity (Wildman–Crippen MR) is 116 cm³/mol. The number of hydrogen-bond donors (Lipinski definition) is 2. The summed E-state index contributed by atoms with van der Waals surface area (Å²) in [5.74, 6) is -0.180. The second-order valence-corrected chi connectivity index (χ2v) is 7.19. The number of imidazole rings is 1. The number of nitrogens with one attached hydrogen (secondary N) is 2. The molecular weight excluding hydrogens is 392 g/mol. The molecule has 0 atom stereocenters. The molecule has 0 bridgehead atoms. The number of aromatic nitrogens is 2. The first kappa shape index (κ1) is 20.2. The molecule has 0 spiro atoms. The minimum atomic E-state index is -0.421. The van der Waals surface area contributed by atoms with Crippen LogP contribution >= 0.6 is 0 Å². The largest absolute Gasteiger partial charge is 0.487 e. The molecule has 156 valence electrons. The summed E-state index contributed by atoms with van der Waals surface area (Å²) in [4.78, 5) is 28.9. The highest BCUT2D eigenvalue weighted by molar-refractivity contribution is 5.95. The Morgan fingerprint density at radius 1 is 0.968 bits per heavy atom. The number of carbonyl (C=O) groups excluding carboxylic acids is 2. The van der Waals surface area contributed by atoms with Crippen molar-refractivity contribution in [3.05, 3.63) is 102 Å². The van der Waals surface area contributed by atoms with E-state index in [1.165, 1.54) is 0 Å². The van der Waals surface area contributed by atoms with E-state index in [0.29, 0.717) is 11.3 Å². The number of ether oxygens (including phenoxy) is 1. The Bertz CT molecular complexity index is 1220. The monoisotopic (exact) mass is 414 g/mol. The number of aryl methyl sites for hydroxylation is 1. The van der Waals surface area contributed by atoms with Crippen molar-refractivity contribution in [2.24, 2.45) is 0 Å². The van der Waals surface area contributed by atoms with Gasteiger partial charge in [0.25, 0.3) is 5.91 Å². The minimum absolute atomic E-state index is 0.183. The second kappa shape index (κ2) is 9.13. The van der Waals surface area contributed by atoms with Gasteiger partial charge in [-0.25, -0.2) is 4.98 Å². The van der Waals surface area contributed by atoms with Gasteiger partial charge in [0, 0.05) is 18.0 Å². The van der Waals surface area contributed by atoms with Crippen molar-refractivity contribution in [1.82, 2.24) is 20.2 Å². The molecule has 2 aromatic heterocycles. The highest BCUT2D eigenvalue weighted by Crippen LogP contribution is 2.16. The lowest BCUT2D eigenvalue weighted by atomic mass is 10.1. The summed E-state index contributed by atoms with van der Waals surface area (Å²) in [6.45, 7) is 2.30. The first-order valence-corrected chi connectivity index (χ1v) is 9.87. The maximum Gasteiger partial charge on any atom is 0.269 e. The van der Waals surface area contributed by atoms with E-state index in [-0.39, 0.29) is 18.9 Å². The molecule has 0 saturated carbocycles. The van der Waals surface area contributed by atoms with E-state index in [1.54, 1.807) is 24.3 Å². The zero-order valence-electron chi connectivity index (χ0n) is 17.0. The van der Waals surface area contributed by atoms with Crippen LogP contribution in [0.25, 0.3) is 5.65 Å². The van der Waals surface area contributed by atoms with Crippen LogP contribution in [0.4, 0.5) is 0 Å². The molecule has 2 amide bonds. The molecule has 0 aliphatic heterocycles. The van der Waals surface area contributed by atoms with Crippen molar-refractivity contribution in [2.45, 2.75) is 20.0 Å². The number of fused-ring (bicyclic) bond motifs is 1. The lowest BCUT2D eigenvalue weighted by molar-refractivity contribution is -0.121. The smallest absolute Gasteiger partial charge is 0.269 e. The summed E-state index contributed by atoms with van der Waals surface area (Å²) in [6, 6.07) is 20.0. The van der Waals surface area contributed by atoms with E-state index in [2.05, 4.69) is 15.8 Å². The number of pyridine rings is 1. The van der Waals surface area contributed by atoms with E-state index in [4.69, 9.17) is 4.74 Å². The number of rotatable bonds is 6. The highest BCUT2D eigenvalue weighted by atomic mass is 16.5. The summed E-state index contributed by atoms with van der Waals surface area (Å²) < 4.78 is 7.76. The Morgan fingerprint density at radius 3 is 2.65 bits per heavy atom. The molecule has 2 N–H and O–H groups in total. The molecule has 7 heteroatoms. The van der Waals surface area contributed by atoms with Gasteiger partial charge in [0.15, 0.2) is 0 Å². The third-order valence-electron chi connectivity index (χ3n) is 4.65. The quantitative estimate of drug-likeness (QED) is 0.475. The predicted octanol–water partition coefficient (Wildman–Crippen LogP) is 3.23. The van der Waals surface area contributed by atoms with Crippen molar-refractivity contribution in [2.75, 3.05) is 0 Å². The maximum absolute atomic E-state index is 12.4. The Labute approximate surface area is 179 Å². The molecular formula is C24H22N4O3. The van der Waals surface area contributed by atoms with Gasteiger partial charge in [0.05, 0.1) is 12.1 Å². The third kappa shape index (κ3) is 5.27. The average molecular weight is 414 g/mol. The van der Waals surface area contributed by atoms with Crippen LogP contribution in [0, 0.1) is 6.92 Å². The summed E-state index contributed by atoms with van der Waals surface area (Å²) in [6.07, 6.45) is 4.10. The van der Waals surface area contributed by atoms with Crippen LogP contribution in [0.15, 0.2) is 79.1 Å². The van der Waals surface area contributed by atoms with Gasteiger partial charge in [0.1, 0.15) is 18.0 Å². The van der Waals surface area contributed by atoms with Gasteiger partial charge in [-0.05, 0) is 42.3 Å². The molecule has 0 aliphatic carbocycles. The SMILES string of the molecule is Cc1ccc2nc(COc3cccc(C(=O)NNC(=O)Cc4ccccc4)c3)cn2c1. The van der Waals surface area contributed by atoms with Gasteiger partial charge in [0.2, 0.25) is 5.91 Å². The van der Waals surface area contributed by atoms with Crippen molar-refractivity contribution in [3.63, 3.8) is 0 Å². The number of nitrogens with zero attached hydrogens (tertiary/aromatic N) is 2. The van der Waals surface area contributed by atoms with E-state index in [0.717, 1.165) is 22.5 Å². The van der Waals surface area contributed by atoms with Crippen molar-refractivity contribution < 1.29 is 14.3 Å². The third-order valence-corrected chi connectivity index (χ3v) is 4.65. The van der Waals surface area contributed by atoms with Crippen molar-refractivity contribution in [3.8, 4) is 5.75 Å². The van der Waals surface area contributed by atoms with E-state index < -0.39 is 5.91 Å². The lowest BCUT2D eigenvalue weighted by Gasteiger charge is -2.09. The molecule has 0 radical (unpaired) electrons. The van der Waals surface area contributed by atoms with Crippen LogP contribution in [0.1, 0.15) is 27.2 Å². The fourth-order valence-electron chi connectivity index (χ4n) is 3.13. The van der Waals surface area contributed by atoms with Crippen LogP contribution in [0.3, 0.4) is 0 Å². The van der Waals surface area contributed by atoms with Crippen LogP contribution in [-0.4, -0.2) is 21.2 Å². The molecule has 4 rings (SSSR count). The Kier molecular flexibility index (Phi) is 5.93. The van der Waals surface area contributed by atoms with Gasteiger partial charge in [-0.3, -0.25) is 20.4 Å². The fraction of sp³-hybridized carbons (Fsp3) is 0.125. The molecule has 0 unspecified atom stereocenters. The second-order valence-electron chi connectivity index (χ2n) is 7.19. The molecule has 0 saturated heterocycles. The first-order chi connectivity index (χ1) is 15.1. The molecule has 4 aromatic rings. The van der Waals surface area contributed by atoms with Crippen LogP contribution < -0.4 is 15.6 Å². The number of amides is 2. The number of hydrazine groups is 1. The maximum atomic E-state index is 12.4. The van der Waals surface area contributed by atoms with E-state index in [9.17, 15) is 9.59 Å². The number of hydrogen-bond acceptors (Lipinski definition) is 4. The van der Waals surface area contributed by atoms with Crippen LogP contribution in [0.2, 0.25) is 0 Å². The minimum Gasteiger partial charge on any atom is -0.487 e. The van der Waals surface area contributed by atoms with E-state index in [1.807, 2.05) is 66.2 Å². The molecule has 0 fully saturated rings. The number of benzene rings is 2. The van der Waals surface area contributed by atoms with Gasteiger partial charge >= 0.3 is 0 Å². The summed E-state index contributed by atoms with van der Waals surface area (Å²) in [5, 5.41) is 0. The standard InChI is InChI=1S/C24H22N4O3/c1-17-10-11-22-25-20(15-28(22)14-17)16-31-21-9-5-8-19(13-21)24(30)27-26-23(29)12-18-6-3-2-4-7-18/h2-11,13-15H,12,16H2,1H3,(H,26,29)(H,27,30). The van der Waals surface area contributed by atoms with Gasteiger partial charge in [-0.15, -0.1) is 0 Å². The number of carbonyl (C=O) groups is 2. The van der Waals surface area contributed by atoms with Crippen molar-refractivity contribution >= 4 is 17.5 Å². The highest BCUT2D eigenvalue weighted by Gasteiger charge is 2.10. The van der Waals surface area contributed by atoms with E-state index >= 15 is 0 Å². The Hall–Kier alpha value is -4.13. The molecule has 2 heterocycles. The summed E-state index contributed by atoms with van der Waals surface area (Å²) in [5.41, 5.74) is 8.89. The summed E-state index contributed by atoms with van der Waals surface area (Å²) >= 11 is 0. The summed E-state index contributed by atoms with van der Waals surface area (Å²) in [7, 11) is 0. The first-order valence-electron chi connectivity index (χ1n) is 9.87. The molecule has 0 aliphatic rings. The molecule has 31 heavy (non-hydrogen) atoms. The fourth-order valence-corrected chi connectivity index (χ4v) is 3.13. The zero-order chi connectivity index (χ0) is 21.6. The van der Waals surface area contributed by atoms with Gasteiger partial charge < -0.3 is 9.14 Å². The van der Waals surface area contributed by atoms with Crippen molar-refractivity contribution in [1.29, 1.82) is 0 Å². The Balaban J connectivity index is 1.32. The van der Waals surface area contributed by atoms with Gasteiger partial charge in [-0.2, -0.15) is 0 Å².